The van der Waals surface area contributed by atoms with Crippen LogP contribution in [0.25, 0.3) is 11.0 Å². The monoisotopic (exact) mass is 504 g/mol. The Hall–Kier alpha value is -2.90. The van der Waals surface area contributed by atoms with Gasteiger partial charge in [-0.15, -0.1) is 0 Å². The van der Waals surface area contributed by atoms with Gasteiger partial charge in [0.05, 0.1) is 11.7 Å². The largest absolute Gasteiger partial charge is 0.460 e. The first kappa shape index (κ1) is 25.7. The highest BCUT2D eigenvalue weighted by Crippen LogP contribution is 2.29. The number of hydrogen-bond acceptors (Lipinski definition) is 6. The average molecular weight is 505 g/mol. The van der Waals surface area contributed by atoms with Crippen LogP contribution in [0.15, 0.2) is 47.0 Å². The van der Waals surface area contributed by atoms with E-state index in [4.69, 9.17) is 9.15 Å². The number of furan rings is 1. The van der Waals surface area contributed by atoms with Gasteiger partial charge >= 0.3 is 0 Å². The maximum Gasteiger partial charge on any atom is 0.258 e. The predicted molar refractivity (Wildman–Crippen MR) is 147 cm³/mol. The lowest BCUT2D eigenvalue weighted by Crippen LogP contribution is -2.41. The van der Waals surface area contributed by atoms with Crippen molar-refractivity contribution in [1.29, 1.82) is 0 Å². The Bertz CT molecular complexity index is 1180. The number of unbranched alkanes of at least 4 members (excludes halogenated alkanes) is 1. The molecule has 0 spiro atoms. The van der Waals surface area contributed by atoms with Crippen LogP contribution in [0.3, 0.4) is 0 Å². The van der Waals surface area contributed by atoms with Crippen LogP contribution >= 0.6 is 0 Å². The van der Waals surface area contributed by atoms with Crippen molar-refractivity contribution in [2.24, 2.45) is 0 Å². The zero-order valence-corrected chi connectivity index (χ0v) is 22.3. The van der Waals surface area contributed by atoms with Gasteiger partial charge in [0.1, 0.15) is 17.2 Å². The second-order valence-corrected chi connectivity index (χ2v) is 10.4. The van der Waals surface area contributed by atoms with Crippen LogP contribution in [-0.2, 0) is 17.7 Å². The molecule has 0 aliphatic carbocycles. The Balaban J connectivity index is 1.09. The normalized spacial score (nSPS) is 17.2. The molecule has 0 saturated carbocycles. The van der Waals surface area contributed by atoms with Gasteiger partial charge in [-0.05, 0) is 37.8 Å². The summed E-state index contributed by atoms with van der Waals surface area (Å²) in [4.78, 5) is 24.9. The number of carbonyl (C=O) groups is 1. The minimum absolute atomic E-state index is 0.107. The lowest BCUT2D eigenvalue weighted by molar-refractivity contribution is 0.00529. The van der Waals surface area contributed by atoms with Crippen LogP contribution < -0.4 is 4.90 Å². The molecule has 0 unspecified atom stereocenters. The predicted octanol–water partition coefficient (Wildman–Crippen LogP) is 5.13. The summed E-state index contributed by atoms with van der Waals surface area (Å²) in [5.74, 6) is 2.04. The summed E-state index contributed by atoms with van der Waals surface area (Å²) < 4.78 is 12.4. The number of amides is 1. The number of aromatic nitrogens is 1. The molecule has 1 saturated heterocycles. The van der Waals surface area contributed by atoms with Crippen molar-refractivity contribution in [3.63, 3.8) is 0 Å². The van der Waals surface area contributed by atoms with Gasteiger partial charge in [0, 0.05) is 76.5 Å². The van der Waals surface area contributed by atoms with E-state index in [-0.39, 0.29) is 12.0 Å². The lowest BCUT2D eigenvalue weighted by atomic mass is 10.0. The molecule has 7 nitrogen and oxygen atoms in total. The highest BCUT2D eigenvalue weighted by molar-refractivity contribution is 6.07. The zero-order valence-electron chi connectivity index (χ0n) is 22.3. The second-order valence-electron chi connectivity index (χ2n) is 10.4. The van der Waals surface area contributed by atoms with E-state index in [2.05, 4.69) is 34.8 Å². The van der Waals surface area contributed by atoms with Crippen LogP contribution in [0.4, 0.5) is 5.82 Å². The lowest BCUT2D eigenvalue weighted by Gasteiger charge is -2.32. The Labute approximate surface area is 220 Å². The number of benzene rings is 1. The standard InChI is InChI=1S/C30H40N4O3/c1-3-4-11-27-28(25-10-5-6-12-26(25)37-27)30(35)34-17-13-24(14-18-34)36-21-8-16-33-20-19-32(2)29-23(22-33)9-7-15-31-29/h5-7,9-10,12,15,24H,3-4,8,11,13-14,16-22H2,1-2H3. The topological polar surface area (TPSA) is 62.1 Å². The van der Waals surface area contributed by atoms with Gasteiger partial charge in [-0.3, -0.25) is 9.69 Å². The highest BCUT2D eigenvalue weighted by atomic mass is 16.5. The third kappa shape index (κ3) is 5.99. The van der Waals surface area contributed by atoms with Gasteiger partial charge in [-0.25, -0.2) is 4.98 Å². The second kappa shape index (κ2) is 12.1. The number of likely N-dealkylation sites (N-methyl/N-ethyl adjacent to an activating group) is 1. The molecule has 0 N–H and O–H groups in total. The van der Waals surface area contributed by atoms with Gasteiger partial charge in [-0.1, -0.05) is 37.6 Å². The minimum atomic E-state index is 0.107. The zero-order chi connectivity index (χ0) is 25.6. The fraction of sp³-hybridized carbons (Fsp3) is 0.533. The highest BCUT2D eigenvalue weighted by Gasteiger charge is 2.28. The number of rotatable bonds is 9. The summed E-state index contributed by atoms with van der Waals surface area (Å²) in [6, 6.07) is 12.1. The molecule has 2 aliphatic heterocycles. The first-order valence-electron chi connectivity index (χ1n) is 13.9. The molecule has 4 heterocycles. The molecule has 5 rings (SSSR count). The van der Waals surface area contributed by atoms with E-state index in [0.29, 0.717) is 0 Å². The fourth-order valence-electron chi connectivity index (χ4n) is 5.57. The van der Waals surface area contributed by atoms with Crippen LogP contribution in [0.5, 0.6) is 0 Å². The maximum absolute atomic E-state index is 13.6. The number of pyridine rings is 1. The molecule has 1 fully saturated rings. The molecule has 2 aromatic heterocycles. The van der Waals surface area contributed by atoms with Gasteiger partial charge < -0.3 is 19.0 Å². The summed E-state index contributed by atoms with van der Waals surface area (Å²) in [7, 11) is 2.12. The van der Waals surface area contributed by atoms with Crippen molar-refractivity contribution >= 4 is 22.7 Å². The van der Waals surface area contributed by atoms with Gasteiger partial charge in [0.15, 0.2) is 0 Å². The van der Waals surface area contributed by atoms with Crippen molar-refractivity contribution in [1.82, 2.24) is 14.8 Å². The molecule has 1 amide bonds. The quantitative estimate of drug-likeness (QED) is 0.376. The van der Waals surface area contributed by atoms with Crippen LogP contribution in [0, 0.1) is 0 Å². The summed E-state index contributed by atoms with van der Waals surface area (Å²) in [6.07, 6.45) is 7.80. The number of aryl methyl sites for hydroxylation is 1. The van der Waals surface area contributed by atoms with Gasteiger partial charge in [-0.2, -0.15) is 0 Å². The summed E-state index contributed by atoms with van der Waals surface area (Å²) in [6.45, 7) is 8.39. The SMILES string of the molecule is CCCCc1oc2ccccc2c1C(=O)N1CCC(OCCCN2CCN(C)c3ncccc3C2)CC1. The van der Waals surface area contributed by atoms with E-state index >= 15 is 0 Å². The Morgan fingerprint density at radius 3 is 2.76 bits per heavy atom. The number of hydrogen-bond donors (Lipinski definition) is 0. The third-order valence-corrected chi connectivity index (χ3v) is 7.72. The first-order chi connectivity index (χ1) is 18.1. The van der Waals surface area contributed by atoms with Crippen molar-refractivity contribution in [3.8, 4) is 0 Å². The van der Waals surface area contributed by atoms with Crippen LogP contribution in [0.2, 0.25) is 0 Å². The number of carbonyl (C=O) groups excluding carboxylic acids is 1. The third-order valence-electron chi connectivity index (χ3n) is 7.72. The van der Waals surface area contributed by atoms with E-state index < -0.39 is 0 Å². The number of nitrogens with zero attached hydrogens (tertiary/aromatic N) is 4. The minimum Gasteiger partial charge on any atom is -0.460 e. The van der Waals surface area contributed by atoms with Crippen molar-refractivity contribution in [2.75, 3.05) is 51.3 Å². The molecule has 1 aromatic carbocycles. The number of piperidine rings is 1. The first-order valence-corrected chi connectivity index (χ1v) is 13.9. The van der Waals surface area contributed by atoms with E-state index in [1.165, 1.54) is 5.56 Å². The van der Waals surface area contributed by atoms with Crippen molar-refractivity contribution < 1.29 is 13.9 Å². The maximum atomic E-state index is 13.6. The van der Waals surface area contributed by atoms with E-state index in [1.807, 2.05) is 41.4 Å². The van der Waals surface area contributed by atoms with E-state index in [9.17, 15) is 4.79 Å². The van der Waals surface area contributed by atoms with Gasteiger partial charge in [0.25, 0.3) is 5.91 Å². The van der Waals surface area contributed by atoms with Gasteiger partial charge in [0.2, 0.25) is 0 Å². The molecular weight excluding hydrogens is 464 g/mol. The summed E-state index contributed by atoms with van der Waals surface area (Å²) in [5, 5.41) is 0.940. The van der Waals surface area contributed by atoms with Crippen LogP contribution in [0.1, 0.15) is 60.7 Å². The molecule has 3 aromatic rings. The Morgan fingerprint density at radius 2 is 1.92 bits per heavy atom. The number of anilines is 1. The van der Waals surface area contributed by atoms with E-state index in [0.717, 1.165) is 113 Å². The summed E-state index contributed by atoms with van der Waals surface area (Å²) in [5.41, 5.74) is 2.87. The summed E-state index contributed by atoms with van der Waals surface area (Å²) >= 11 is 0. The smallest absolute Gasteiger partial charge is 0.258 e. The molecule has 198 valence electrons. The number of para-hydroxylation sites is 1. The Morgan fingerprint density at radius 1 is 1.08 bits per heavy atom. The molecule has 37 heavy (non-hydrogen) atoms. The molecule has 0 bridgehead atoms. The Kier molecular flexibility index (Phi) is 8.41. The number of ether oxygens (including phenoxy) is 1. The molecule has 0 atom stereocenters. The molecular formula is C30H40N4O3. The fourth-order valence-corrected chi connectivity index (χ4v) is 5.57. The number of fused-ring (bicyclic) bond motifs is 2. The van der Waals surface area contributed by atoms with Crippen molar-refractivity contribution in [3.05, 3.63) is 59.5 Å². The van der Waals surface area contributed by atoms with E-state index in [1.54, 1.807) is 0 Å². The van der Waals surface area contributed by atoms with Crippen molar-refractivity contribution in [2.45, 2.75) is 58.1 Å². The number of likely N-dealkylation sites (tertiary alicyclic amines) is 1. The van der Waals surface area contributed by atoms with Crippen LogP contribution in [-0.4, -0.2) is 73.2 Å². The molecule has 0 radical (unpaired) electrons. The average Bonchev–Trinajstić information content (AvgIpc) is 3.22. The molecule has 2 aliphatic rings. The molecule has 7 heteroatoms.